The Balaban J connectivity index is 2.22. The number of halogens is 1. The van der Waals surface area contributed by atoms with E-state index in [9.17, 15) is 0 Å². The predicted octanol–water partition coefficient (Wildman–Crippen LogP) is 2.94. The van der Waals surface area contributed by atoms with Gasteiger partial charge < -0.3 is 9.64 Å². The lowest BCUT2D eigenvalue weighted by atomic mass is 10.4. The second kappa shape index (κ2) is 6.71. The number of anilines is 1. The number of aromatic nitrogens is 5. The van der Waals surface area contributed by atoms with Crippen molar-refractivity contribution < 1.29 is 4.74 Å². The van der Waals surface area contributed by atoms with Gasteiger partial charge in [-0.15, -0.1) is 0 Å². The van der Waals surface area contributed by atoms with Crippen molar-refractivity contribution in [1.29, 1.82) is 0 Å². The zero-order valence-corrected chi connectivity index (χ0v) is 13.4. The minimum atomic E-state index is 0.109. The normalized spacial score (nSPS) is 11.0. The van der Waals surface area contributed by atoms with Crippen molar-refractivity contribution in [2.24, 2.45) is 0 Å². The van der Waals surface area contributed by atoms with Crippen LogP contribution in [0, 0.1) is 0 Å². The van der Waals surface area contributed by atoms with Gasteiger partial charge in [-0.05, 0) is 39.3 Å². The van der Waals surface area contributed by atoms with E-state index in [0.29, 0.717) is 11.7 Å². The van der Waals surface area contributed by atoms with Crippen LogP contribution >= 0.6 is 11.6 Å². The smallest absolute Gasteiger partial charge is 0.328 e. The summed E-state index contributed by atoms with van der Waals surface area (Å²) in [5.74, 6) is 1.07. The van der Waals surface area contributed by atoms with Gasteiger partial charge >= 0.3 is 6.01 Å². The average Bonchev–Trinajstić information content (AvgIpc) is 2.88. The van der Waals surface area contributed by atoms with Crippen LogP contribution in [0.4, 0.5) is 5.95 Å². The fourth-order valence-corrected chi connectivity index (χ4v) is 1.92. The number of rotatable bonds is 6. The third-order valence-corrected chi connectivity index (χ3v) is 3.11. The van der Waals surface area contributed by atoms with Gasteiger partial charge in [0.15, 0.2) is 5.75 Å². The second-order valence-corrected chi connectivity index (χ2v) is 5.05. The van der Waals surface area contributed by atoms with Crippen molar-refractivity contribution in [1.82, 2.24) is 24.7 Å². The van der Waals surface area contributed by atoms with Crippen molar-refractivity contribution in [3.05, 3.63) is 17.7 Å². The van der Waals surface area contributed by atoms with Crippen LogP contribution in [-0.2, 0) is 0 Å². The number of nitrogens with zero attached hydrogens (tertiary/aromatic N) is 6. The van der Waals surface area contributed by atoms with Crippen LogP contribution in [0.3, 0.4) is 0 Å². The first-order valence-corrected chi connectivity index (χ1v) is 7.29. The lowest BCUT2D eigenvalue weighted by Crippen LogP contribution is -2.24. The van der Waals surface area contributed by atoms with Crippen molar-refractivity contribution in [3.8, 4) is 11.8 Å². The molecule has 0 aliphatic carbocycles. The molecule has 8 heteroatoms. The van der Waals surface area contributed by atoms with Gasteiger partial charge in [0, 0.05) is 19.1 Å². The minimum Gasteiger partial charge on any atom is -0.421 e. The van der Waals surface area contributed by atoms with Gasteiger partial charge in [-0.1, -0.05) is 0 Å². The molecule has 21 heavy (non-hydrogen) atoms. The van der Waals surface area contributed by atoms with Crippen molar-refractivity contribution in [3.63, 3.8) is 0 Å². The molecule has 0 aliphatic heterocycles. The Morgan fingerprint density at radius 2 is 1.95 bits per heavy atom. The molecule has 2 heterocycles. The molecule has 0 aromatic carbocycles. The molecule has 0 fully saturated rings. The van der Waals surface area contributed by atoms with Gasteiger partial charge in [0.25, 0.3) is 0 Å². The summed E-state index contributed by atoms with van der Waals surface area (Å²) in [6.07, 6.45) is 3.41. The summed E-state index contributed by atoms with van der Waals surface area (Å²) in [5, 5.41) is 4.31. The van der Waals surface area contributed by atoms with Crippen molar-refractivity contribution in [2.45, 2.75) is 33.7 Å². The molecule has 0 bridgehead atoms. The monoisotopic (exact) mass is 310 g/mol. The largest absolute Gasteiger partial charge is 0.421 e. The van der Waals surface area contributed by atoms with Gasteiger partial charge in [0.05, 0.1) is 12.4 Å². The Morgan fingerprint density at radius 3 is 2.52 bits per heavy atom. The van der Waals surface area contributed by atoms with Crippen LogP contribution in [0.15, 0.2) is 12.4 Å². The molecule has 2 rings (SSSR count). The minimum absolute atomic E-state index is 0.109. The molecule has 2 aromatic heterocycles. The Labute approximate surface area is 128 Å². The molecule has 7 nitrogen and oxygen atoms in total. The van der Waals surface area contributed by atoms with Gasteiger partial charge in [-0.25, -0.2) is 0 Å². The molecular weight excluding hydrogens is 292 g/mol. The molecule has 0 spiro atoms. The maximum Gasteiger partial charge on any atom is 0.328 e. The maximum absolute atomic E-state index is 5.94. The number of hydrogen-bond donors (Lipinski definition) is 0. The highest BCUT2D eigenvalue weighted by atomic mass is 35.5. The van der Waals surface area contributed by atoms with Crippen molar-refractivity contribution >= 4 is 17.5 Å². The van der Waals surface area contributed by atoms with Gasteiger partial charge in [0.2, 0.25) is 11.2 Å². The molecule has 114 valence electrons. The van der Waals surface area contributed by atoms with Gasteiger partial charge in [-0.2, -0.15) is 20.1 Å². The van der Waals surface area contributed by atoms with E-state index in [1.807, 2.05) is 32.6 Å². The molecule has 0 unspecified atom stereocenters. The Kier molecular flexibility index (Phi) is 4.95. The third kappa shape index (κ3) is 3.81. The van der Waals surface area contributed by atoms with E-state index in [-0.39, 0.29) is 17.3 Å². The summed E-state index contributed by atoms with van der Waals surface area (Å²) in [4.78, 5) is 14.4. The van der Waals surface area contributed by atoms with Crippen LogP contribution < -0.4 is 9.64 Å². The Morgan fingerprint density at radius 1 is 1.24 bits per heavy atom. The Bertz CT molecular complexity index is 596. The summed E-state index contributed by atoms with van der Waals surface area (Å²) >= 11 is 5.94. The van der Waals surface area contributed by atoms with E-state index < -0.39 is 0 Å². The van der Waals surface area contributed by atoms with E-state index in [0.717, 1.165) is 13.1 Å². The van der Waals surface area contributed by atoms with Crippen LogP contribution in [-0.4, -0.2) is 37.8 Å². The zero-order chi connectivity index (χ0) is 15.4. The van der Waals surface area contributed by atoms with Crippen LogP contribution in [0.2, 0.25) is 5.28 Å². The molecule has 0 saturated carbocycles. The molecule has 2 aromatic rings. The summed E-state index contributed by atoms with van der Waals surface area (Å²) in [5.41, 5.74) is 0. The van der Waals surface area contributed by atoms with E-state index in [2.05, 4.69) is 20.1 Å². The predicted molar refractivity (Wildman–Crippen MR) is 81.1 cm³/mol. The fourth-order valence-electron chi connectivity index (χ4n) is 1.78. The van der Waals surface area contributed by atoms with Gasteiger partial charge in [0.1, 0.15) is 0 Å². The highest BCUT2D eigenvalue weighted by Crippen LogP contribution is 2.21. The quantitative estimate of drug-likeness (QED) is 0.817. The molecular formula is C13H19ClN6O. The highest BCUT2D eigenvalue weighted by Gasteiger charge is 2.12. The van der Waals surface area contributed by atoms with E-state index in [4.69, 9.17) is 16.3 Å². The molecule has 0 amide bonds. The topological polar surface area (TPSA) is 69.0 Å². The average molecular weight is 311 g/mol. The first kappa shape index (κ1) is 15.5. The van der Waals surface area contributed by atoms with Gasteiger partial charge in [-0.3, -0.25) is 4.68 Å². The summed E-state index contributed by atoms with van der Waals surface area (Å²) in [7, 11) is 0. The molecule has 0 saturated heterocycles. The standard InChI is InChI=1S/C13H19ClN6O/c1-5-19(6-2)12-16-11(14)17-13(18-12)21-10-7-15-20(8-10)9(3)4/h7-9H,5-6H2,1-4H3. The first-order valence-electron chi connectivity index (χ1n) is 6.92. The van der Waals surface area contributed by atoms with E-state index in [1.165, 1.54) is 0 Å². The number of hydrogen-bond acceptors (Lipinski definition) is 6. The summed E-state index contributed by atoms with van der Waals surface area (Å²) < 4.78 is 7.41. The molecule has 0 atom stereocenters. The number of ether oxygens (including phenoxy) is 1. The molecule has 0 N–H and O–H groups in total. The summed E-state index contributed by atoms with van der Waals surface area (Å²) in [6.45, 7) is 9.68. The van der Waals surface area contributed by atoms with E-state index >= 15 is 0 Å². The van der Waals surface area contributed by atoms with Crippen LogP contribution in [0.5, 0.6) is 11.8 Å². The molecule has 0 aliphatic rings. The van der Waals surface area contributed by atoms with Crippen LogP contribution in [0.25, 0.3) is 0 Å². The second-order valence-electron chi connectivity index (χ2n) is 4.71. The SMILES string of the molecule is CCN(CC)c1nc(Cl)nc(Oc2cnn(C(C)C)c2)n1. The van der Waals surface area contributed by atoms with E-state index in [1.54, 1.807) is 17.1 Å². The lowest BCUT2D eigenvalue weighted by Gasteiger charge is -2.18. The van der Waals surface area contributed by atoms with Crippen LogP contribution in [0.1, 0.15) is 33.7 Å². The Hall–Kier alpha value is -1.89. The highest BCUT2D eigenvalue weighted by molar-refractivity contribution is 6.28. The fraction of sp³-hybridized carbons (Fsp3) is 0.538. The lowest BCUT2D eigenvalue weighted by molar-refractivity contribution is 0.436. The maximum atomic E-state index is 5.94. The van der Waals surface area contributed by atoms with Crippen molar-refractivity contribution in [2.75, 3.05) is 18.0 Å². The molecule has 0 radical (unpaired) electrons. The third-order valence-electron chi connectivity index (χ3n) is 2.94. The zero-order valence-electron chi connectivity index (χ0n) is 12.6. The summed E-state index contributed by atoms with van der Waals surface area (Å²) in [6, 6.07) is 0.427. The first-order chi connectivity index (χ1) is 10.0.